The smallest absolute Gasteiger partial charge is 0.255 e. The molecule has 19 heavy (non-hydrogen) atoms. The fourth-order valence-electron chi connectivity index (χ4n) is 1.48. The Kier molecular flexibility index (Phi) is 5.74. The molecule has 0 unspecified atom stereocenters. The second-order valence-electron chi connectivity index (χ2n) is 4.61. The Hall–Kier alpha value is -2.15. The van der Waals surface area contributed by atoms with Gasteiger partial charge in [-0.15, -0.1) is 6.42 Å². The molecule has 0 fully saturated rings. The summed E-state index contributed by atoms with van der Waals surface area (Å²) < 4.78 is 5.22. The van der Waals surface area contributed by atoms with Crippen molar-refractivity contribution >= 4 is 5.91 Å². The minimum atomic E-state index is -0.315. The molecule has 1 rings (SSSR count). The topological polar surface area (TPSA) is 58.6 Å². The van der Waals surface area contributed by atoms with Crippen LogP contribution in [0.4, 0.5) is 0 Å². The monoisotopic (exact) mass is 261 g/mol. The summed E-state index contributed by atoms with van der Waals surface area (Å²) in [7, 11) is 0. The molecular formula is C15H19NO3. The van der Waals surface area contributed by atoms with Crippen LogP contribution in [-0.2, 0) is 0 Å². The molecular weight excluding hydrogens is 242 g/mol. The van der Waals surface area contributed by atoms with Gasteiger partial charge in [-0.1, -0.05) is 19.8 Å². The molecule has 0 saturated heterocycles. The van der Waals surface area contributed by atoms with Crippen molar-refractivity contribution in [2.45, 2.75) is 20.3 Å². The van der Waals surface area contributed by atoms with Crippen LogP contribution in [0.15, 0.2) is 18.2 Å². The molecule has 0 aliphatic carbocycles. The third-order valence-electron chi connectivity index (χ3n) is 2.54. The van der Waals surface area contributed by atoms with E-state index in [1.165, 1.54) is 12.1 Å². The highest BCUT2D eigenvalue weighted by Gasteiger charge is 2.12. The molecule has 4 nitrogen and oxygen atoms in total. The molecule has 0 radical (unpaired) electrons. The molecule has 0 atom stereocenters. The second-order valence-corrected chi connectivity index (χ2v) is 4.61. The molecule has 1 aromatic rings. The maximum absolute atomic E-state index is 11.9. The van der Waals surface area contributed by atoms with Gasteiger partial charge in [-0.25, -0.2) is 0 Å². The van der Waals surface area contributed by atoms with Gasteiger partial charge in [0.05, 0.1) is 5.56 Å². The van der Waals surface area contributed by atoms with E-state index in [9.17, 15) is 9.90 Å². The minimum Gasteiger partial charge on any atom is -0.507 e. The van der Waals surface area contributed by atoms with Crippen LogP contribution in [-0.4, -0.2) is 24.2 Å². The van der Waals surface area contributed by atoms with Crippen LogP contribution < -0.4 is 10.1 Å². The van der Waals surface area contributed by atoms with Crippen LogP contribution >= 0.6 is 0 Å². The predicted octanol–water partition coefficient (Wildman–Crippen LogP) is 2.18. The van der Waals surface area contributed by atoms with Gasteiger partial charge in [-0.05, 0) is 30.5 Å². The summed E-state index contributed by atoms with van der Waals surface area (Å²) in [5.41, 5.74) is 0.193. The molecule has 102 valence electrons. The number of carbonyl (C=O) groups excluding carboxylic acids is 1. The molecule has 0 spiro atoms. The van der Waals surface area contributed by atoms with E-state index in [1.807, 2.05) is 0 Å². The molecule has 0 bridgehead atoms. The van der Waals surface area contributed by atoms with Crippen molar-refractivity contribution in [2.75, 3.05) is 13.2 Å². The zero-order chi connectivity index (χ0) is 14.3. The third kappa shape index (κ3) is 4.92. The summed E-state index contributed by atoms with van der Waals surface area (Å²) >= 11 is 0. The maximum Gasteiger partial charge on any atom is 0.255 e. The Morgan fingerprint density at radius 1 is 1.53 bits per heavy atom. The van der Waals surface area contributed by atoms with E-state index in [4.69, 9.17) is 11.2 Å². The van der Waals surface area contributed by atoms with E-state index in [0.29, 0.717) is 18.2 Å². The third-order valence-corrected chi connectivity index (χ3v) is 2.54. The molecule has 1 aromatic carbocycles. The number of terminal acetylenes is 1. The number of rotatable bonds is 6. The van der Waals surface area contributed by atoms with Crippen molar-refractivity contribution in [3.8, 4) is 23.8 Å². The summed E-state index contributed by atoms with van der Waals surface area (Å²) in [5.74, 6) is 2.93. The molecule has 2 N–H and O–H groups in total. The van der Waals surface area contributed by atoms with Gasteiger partial charge in [0, 0.05) is 6.54 Å². The minimum absolute atomic E-state index is 0.0740. The van der Waals surface area contributed by atoms with Crippen molar-refractivity contribution < 1.29 is 14.6 Å². The van der Waals surface area contributed by atoms with Crippen LogP contribution in [0.25, 0.3) is 0 Å². The summed E-state index contributed by atoms with van der Waals surface area (Å²) in [6, 6.07) is 4.47. The van der Waals surface area contributed by atoms with E-state index >= 15 is 0 Å². The predicted molar refractivity (Wildman–Crippen MR) is 74.2 cm³/mol. The number of carbonyl (C=O) groups is 1. The Morgan fingerprint density at radius 2 is 2.26 bits per heavy atom. The Balaban J connectivity index is 2.70. The quantitative estimate of drug-likeness (QED) is 0.772. The highest BCUT2D eigenvalue weighted by Crippen LogP contribution is 2.22. The van der Waals surface area contributed by atoms with Crippen molar-refractivity contribution in [2.24, 2.45) is 5.92 Å². The molecule has 0 aliphatic heterocycles. The van der Waals surface area contributed by atoms with E-state index in [0.717, 1.165) is 6.42 Å². The number of phenolic OH excluding ortho intramolecular Hbond substituents is 1. The van der Waals surface area contributed by atoms with Crippen molar-refractivity contribution in [3.05, 3.63) is 23.8 Å². The standard InChI is InChI=1S/C15H19NO3/c1-4-9-19-12-5-6-14(17)13(10-12)15(18)16-8-7-11(2)3/h1,5-6,10-11,17H,7-9H2,2-3H3,(H,16,18). The lowest BCUT2D eigenvalue weighted by Crippen LogP contribution is -2.25. The summed E-state index contributed by atoms with van der Waals surface area (Å²) in [5, 5.41) is 12.4. The van der Waals surface area contributed by atoms with Gasteiger partial charge < -0.3 is 15.2 Å². The van der Waals surface area contributed by atoms with Crippen LogP contribution in [0.1, 0.15) is 30.6 Å². The average molecular weight is 261 g/mol. The number of ether oxygens (including phenoxy) is 1. The Bertz CT molecular complexity index is 475. The number of nitrogens with one attached hydrogen (secondary N) is 1. The average Bonchev–Trinajstić information content (AvgIpc) is 2.37. The van der Waals surface area contributed by atoms with Crippen molar-refractivity contribution in [1.82, 2.24) is 5.32 Å². The lowest BCUT2D eigenvalue weighted by molar-refractivity contribution is 0.0949. The van der Waals surface area contributed by atoms with E-state index < -0.39 is 0 Å². The normalized spacial score (nSPS) is 10.0. The van der Waals surface area contributed by atoms with Crippen LogP contribution in [0.3, 0.4) is 0 Å². The van der Waals surface area contributed by atoms with E-state index in [-0.39, 0.29) is 23.8 Å². The Morgan fingerprint density at radius 3 is 2.89 bits per heavy atom. The van der Waals surface area contributed by atoms with Gasteiger partial charge in [0.2, 0.25) is 0 Å². The fourth-order valence-corrected chi connectivity index (χ4v) is 1.48. The van der Waals surface area contributed by atoms with Gasteiger partial charge in [0.25, 0.3) is 5.91 Å². The van der Waals surface area contributed by atoms with Crippen LogP contribution in [0.2, 0.25) is 0 Å². The zero-order valence-electron chi connectivity index (χ0n) is 11.3. The van der Waals surface area contributed by atoms with E-state index in [1.54, 1.807) is 6.07 Å². The lowest BCUT2D eigenvalue weighted by Gasteiger charge is -2.10. The van der Waals surface area contributed by atoms with Crippen LogP contribution in [0, 0.1) is 18.3 Å². The van der Waals surface area contributed by atoms with E-state index in [2.05, 4.69) is 25.1 Å². The molecule has 1 amide bonds. The van der Waals surface area contributed by atoms with Gasteiger partial charge >= 0.3 is 0 Å². The molecule has 0 aromatic heterocycles. The number of hydrogen-bond donors (Lipinski definition) is 2. The highest BCUT2D eigenvalue weighted by atomic mass is 16.5. The summed E-state index contributed by atoms with van der Waals surface area (Å²) in [6.07, 6.45) is 5.98. The van der Waals surface area contributed by atoms with Gasteiger partial charge in [0.1, 0.15) is 18.1 Å². The van der Waals surface area contributed by atoms with Gasteiger partial charge in [-0.3, -0.25) is 4.79 Å². The Labute approximate surface area is 113 Å². The molecule has 0 aliphatic rings. The summed E-state index contributed by atoms with van der Waals surface area (Å²) in [6.45, 7) is 4.86. The zero-order valence-corrected chi connectivity index (χ0v) is 11.3. The molecule has 0 heterocycles. The summed E-state index contributed by atoms with van der Waals surface area (Å²) in [4.78, 5) is 11.9. The highest BCUT2D eigenvalue weighted by molar-refractivity contribution is 5.97. The van der Waals surface area contributed by atoms with Crippen LogP contribution in [0.5, 0.6) is 11.5 Å². The largest absolute Gasteiger partial charge is 0.507 e. The number of phenols is 1. The maximum atomic E-state index is 11.9. The number of hydrogen-bond acceptors (Lipinski definition) is 3. The lowest BCUT2D eigenvalue weighted by atomic mass is 10.1. The number of amides is 1. The van der Waals surface area contributed by atoms with Gasteiger partial charge in [-0.2, -0.15) is 0 Å². The van der Waals surface area contributed by atoms with Crippen molar-refractivity contribution in [3.63, 3.8) is 0 Å². The first-order valence-electron chi connectivity index (χ1n) is 6.22. The number of aromatic hydroxyl groups is 1. The van der Waals surface area contributed by atoms with Crippen molar-refractivity contribution in [1.29, 1.82) is 0 Å². The first-order chi connectivity index (χ1) is 9.04. The molecule has 0 saturated carbocycles. The second kappa shape index (κ2) is 7.32. The van der Waals surface area contributed by atoms with Gasteiger partial charge in [0.15, 0.2) is 0 Å². The first-order valence-corrected chi connectivity index (χ1v) is 6.22. The molecule has 4 heteroatoms. The fraction of sp³-hybridized carbons (Fsp3) is 0.400. The first kappa shape index (κ1) is 14.9. The number of benzene rings is 1. The SMILES string of the molecule is C#CCOc1ccc(O)c(C(=O)NCCC(C)C)c1.